The van der Waals surface area contributed by atoms with E-state index in [1.807, 2.05) is 30.1 Å². The van der Waals surface area contributed by atoms with Crippen LogP contribution in [0.25, 0.3) is 11.0 Å². The van der Waals surface area contributed by atoms with Crippen molar-refractivity contribution in [3.8, 4) is 0 Å². The lowest BCUT2D eigenvalue weighted by Gasteiger charge is -1.83. The molecule has 2 rings (SSSR count). The Balaban J connectivity index is 0.000000461. The van der Waals surface area contributed by atoms with Gasteiger partial charge in [0.25, 0.3) is 0 Å². The maximum atomic E-state index is 10.9. The SMILES string of the molecule is CBr.CC(=O)c1cc2ccccc2o1. The molecule has 3 heteroatoms. The largest absolute Gasteiger partial charge is 0.453 e. The molecule has 0 amide bonds. The Kier molecular flexibility index (Phi) is 3.89. The highest BCUT2D eigenvalue weighted by Crippen LogP contribution is 2.18. The number of furan rings is 1. The number of alkyl halides is 1. The topological polar surface area (TPSA) is 30.2 Å². The van der Waals surface area contributed by atoms with Crippen LogP contribution in [0.4, 0.5) is 0 Å². The van der Waals surface area contributed by atoms with Crippen LogP contribution in [-0.2, 0) is 0 Å². The van der Waals surface area contributed by atoms with E-state index in [0.717, 1.165) is 11.0 Å². The van der Waals surface area contributed by atoms with Gasteiger partial charge in [0.05, 0.1) is 0 Å². The van der Waals surface area contributed by atoms with Crippen LogP contribution in [0, 0.1) is 0 Å². The van der Waals surface area contributed by atoms with E-state index in [1.165, 1.54) is 6.92 Å². The second-order valence-corrected chi connectivity index (χ2v) is 2.70. The average Bonchev–Trinajstić information content (AvgIpc) is 2.64. The zero-order valence-corrected chi connectivity index (χ0v) is 9.67. The third-order valence-electron chi connectivity index (χ3n) is 1.77. The van der Waals surface area contributed by atoms with Crippen molar-refractivity contribution in [1.29, 1.82) is 0 Å². The summed E-state index contributed by atoms with van der Waals surface area (Å²) in [6, 6.07) is 9.34. The fraction of sp³-hybridized carbons (Fsp3) is 0.182. The molecule has 0 fully saturated rings. The van der Waals surface area contributed by atoms with Crippen molar-refractivity contribution in [3.63, 3.8) is 0 Å². The Morgan fingerprint density at radius 1 is 1.29 bits per heavy atom. The number of benzene rings is 1. The second kappa shape index (κ2) is 4.96. The van der Waals surface area contributed by atoms with Gasteiger partial charge in [0.1, 0.15) is 5.58 Å². The van der Waals surface area contributed by atoms with Gasteiger partial charge in [-0.05, 0) is 18.0 Å². The molecule has 1 heterocycles. The minimum atomic E-state index is -0.0359. The van der Waals surface area contributed by atoms with Crippen LogP contribution in [0.5, 0.6) is 0 Å². The number of ketones is 1. The van der Waals surface area contributed by atoms with Crippen LogP contribution in [0.3, 0.4) is 0 Å². The van der Waals surface area contributed by atoms with E-state index in [9.17, 15) is 4.79 Å². The first kappa shape index (κ1) is 11.0. The Morgan fingerprint density at radius 2 is 1.93 bits per heavy atom. The smallest absolute Gasteiger partial charge is 0.194 e. The van der Waals surface area contributed by atoms with Gasteiger partial charge < -0.3 is 4.42 Å². The molecular formula is C11H11BrO2. The van der Waals surface area contributed by atoms with E-state index in [-0.39, 0.29) is 5.78 Å². The summed E-state index contributed by atoms with van der Waals surface area (Å²) in [6.07, 6.45) is 0. The van der Waals surface area contributed by atoms with Gasteiger partial charge in [-0.25, -0.2) is 0 Å². The average molecular weight is 255 g/mol. The van der Waals surface area contributed by atoms with Gasteiger partial charge in [-0.3, -0.25) is 4.79 Å². The second-order valence-electron chi connectivity index (χ2n) is 2.70. The van der Waals surface area contributed by atoms with E-state index in [1.54, 1.807) is 6.07 Å². The van der Waals surface area contributed by atoms with Crippen molar-refractivity contribution < 1.29 is 9.21 Å². The molecule has 0 aliphatic rings. The number of para-hydroxylation sites is 1. The van der Waals surface area contributed by atoms with Gasteiger partial charge in [-0.1, -0.05) is 34.1 Å². The van der Waals surface area contributed by atoms with E-state index in [4.69, 9.17) is 4.42 Å². The number of hydrogen-bond donors (Lipinski definition) is 0. The fourth-order valence-corrected chi connectivity index (χ4v) is 1.16. The van der Waals surface area contributed by atoms with Crippen LogP contribution in [0.1, 0.15) is 17.5 Å². The van der Waals surface area contributed by atoms with Crippen LogP contribution in [0.15, 0.2) is 34.7 Å². The van der Waals surface area contributed by atoms with Crippen molar-refractivity contribution in [2.45, 2.75) is 6.92 Å². The molecule has 0 bridgehead atoms. The number of Topliss-reactive ketones (excluding diaryl/α,β-unsaturated/α-hetero) is 1. The highest BCUT2D eigenvalue weighted by atomic mass is 79.9. The Labute approximate surface area is 91.0 Å². The maximum absolute atomic E-state index is 10.9. The van der Waals surface area contributed by atoms with Gasteiger partial charge in [0.15, 0.2) is 11.5 Å². The molecule has 0 radical (unpaired) electrons. The highest BCUT2D eigenvalue weighted by Gasteiger charge is 2.05. The number of carbonyl (C=O) groups is 1. The van der Waals surface area contributed by atoms with Crippen molar-refractivity contribution in [1.82, 2.24) is 0 Å². The van der Waals surface area contributed by atoms with Gasteiger partial charge >= 0.3 is 0 Å². The third kappa shape index (κ3) is 2.23. The molecule has 14 heavy (non-hydrogen) atoms. The Hall–Kier alpha value is -1.09. The van der Waals surface area contributed by atoms with Gasteiger partial charge in [-0.2, -0.15) is 0 Å². The van der Waals surface area contributed by atoms with Gasteiger partial charge in [-0.15, -0.1) is 0 Å². The molecule has 0 atom stereocenters. The number of carbonyl (C=O) groups excluding carboxylic acids is 1. The molecule has 0 aliphatic carbocycles. The first-order chi connectivity index (χ1) is 6.77. The van der Waals surface area contributed by atoms with E-state index in [0.29, 0.717) is 5.76 Å². The zero-order valence-electron chi connectivity index (χ0n) is 8.08. The molecule has 1 aromatic heterocycles. The Bertz CT molecular complexity index is 399. The van der Waals surface area contributed by atoms with Gasteiger partial charge in [0, 0.05) is 12.3 Å². The van der Waals surface area contributed by atoms with Crippen LogP contribution in [0.2, 0.25) is 0 Å². The fourth-order valence-electron chi connectivity index (χ4n) is 1.16. The quantitative estimate of drug-likeness (QED) is 0.575. The monoisotopic (exact) mass is 254 g/mol. The lowest BCUT2D eigenvalue weighted by Crippen LogP contribution is -1.85. The predicted octanol–water partition coefficient (Wildman–Crippen LogP) is 3.65. The molecule has 2 nitrogen and oxygen atoms in total. The molecule has 0 N–H and O–H groups in total. The number of halogens is 1. The predicted molar refractivity (Wildman–Crippen MR) is 61.1 cm³/mol. The molecule has 74 valence electrons. The summed E-state index contributed by atoms with van der Waals surface area (Å²) in [6.45, 7) is 1.50. The summed E-state index contributed by atoms with van der Waals surface area (Å²) < 4.78 is 5.28. The molecule has 0 saturated heterocycles. The van der Waals surface area contributed by atoms with E-state index < -0.39 is 0 Å². The molecule has 0 saturated carbocycles. The standard InChI is InChI=1S/C10H8O2.CH3Br/c1-7(11)10-6-8-4-2-3-5-9(8)12-10;1-2/h2-6H,1H3;1H3. The minimum absolute atomic E-state index is 0.0359. The molecule has 0 unspecified atom stereocenters. The van der Waals surface area contributed by atoms with Crippen molar-refractivity contribution in [3.05, 3.63) is 36.1 Å². The van der Waals surface area contributed by atoms with Crippen LogP contribution in [-0.4, -0.2) is 11.6 Å². The van der Waals surface area contributed by atoms with E-state index >= 15 is 0 Å². The first-order valence-electron chi connectivity index (χ1n) is 4.15. The number of fused-ring (bicyclic) bond motifs is 1. The third-order valence-corrected chi connectivity index (χ3v) is 1.77. The molecular weight excluding hydrogens is 244 g/mol. The number of rotatable bonds is 1. The van der Waals surface area contributed by atoms with Gasteiger partial charge in [0.2, 0.25) is 0 Å². The normalized spacial score (nSPS) is 9.36. The van der Waals surface area contributed by atoms with Crippen molar-refractivity contribution in [2.24, 2.45) is 0 Å². The number of hydrogen-bond acceptors (Lipinski definition) is 2. The molecule has 2 aromatic rings. The molecule has 0 spiro atoms. The first-order valence-corrected chi connectivity index (χ1v) is 5.73. The summed E-state index contributed by atoms with van der Waals surface area (Å²) >= 11 is 2.94. The lowest BCUT2D eigenvalue weighted by molar-refractivity contribution is 0.0989. The minimum Gasteiger partial charge on any atom is -0.453 e. The lowest BCUT2D eigenvalue weighted by atomic mass is 10.2. The summed E-state index contributed by atoms with van der Waals surface area (Å²) in [5, 5.41) is 0.975. The highest BCUT2D eigenvalue weighted by molar-refractivity contribution is 9.08. The van der Waals surface area contributed by atoms with Crippen LogP contribution < -0.4 is 0 Å². The summed E-state index contributed by atoms with van der Waals surface area (Å²) in [4.78, 5) is 10.9. The Morgan fingerprint density at radius 3 is 2.50 bits per heavy atom. The maximum Gasteiger partial charge on any atom is 0.194 e. The molecule has 0 aliphatic heterocycles. The summed E-state index contributed by atoms with van der Waals surface area (Å²) in [5.74, 6) is 2.20. The summed E-state index contributed by atoms with van der Waals surface area (Å²) in [5.41, 5.74) is 0.766. The summed E-state index contributed by atoms with van der Waals surface area (Å²) in [7, 11) is 0. The van der Waals surface area contributed by atoms with Crippen molar-refractivity contribution in [2.75, 3.05) is 5.83 Å². The molecule has 1 aromatic carbocycles. The van der Waals surface area contributed by atoms with Crippen molar-refractivity contribution >= 4 is 32.7 Å². The zero-order chi connectivity index (χ0) is 10.6. The van der Waals surface area contributed by atoms with E-state index in [2.05, 4.69) is 15.9 Å². The van der Waals surface area contributed by atoms with Crippen LogP contribution >= 0.6 is 15.9 Å².